The summed E-state index contributed by atoms with van der Waals surface area (Å²) in [6.45, 7) is 4.35. The van der Waals surface area contributed by atoms with Gasteiger partial charge in [0.1, 0.15) is 12.7 Å². The number of esters is 1. The molecule has 0 saturated carbocycles. The molecular weight excluding hydrogens is 512 g/mol. The Labute approximate surface area is 230 Å². The molecule has 1 aliphatic heterocycles. The first kappa shape index (κ1) is 26.1. The number of rotatable bonds is 8. The minimum atomic E-state index is -0.596. The first-order valence-corrected chi connectivity index (χ1v) is 13.3. The Hall–Kier alpha value is -4.48. The maximum Gasteiger partial charge on any atom is 0.339 e. The number of nitriles is 1. The van der Waals surface area contributed by atoms with E-state index in [-0.39, 0.29) is 18.5 Å². The average Bonchev–Trinajstić information content (AvgIpc) is 3.24. The zero-order chi connectivity index (χ0) is 27.4. The molecule has 5 rings (SSSR count). The summed E-state index contributed by atoms with van der Waals surface area (Å²) in [6.07, 6.45) is -0.203. The second-order valence-electron chi connectivity index (χ2n) is 9.10. The summed E-state index contributed by atoms with van der Waals surface area (Å²) in [5.41, 5.74) is 3.04. The minimum absolute atomic E-state index is 0.203. The van der Waals surface area contributed by atoms with Crippen molar-refractivity contribution in [1.82, 2.24) is 4.57 Å². The number of aryl methyl sites for hydroxylation is 1. The van der Waals surface area contributed by atoms with Crippen LogP contribution < -0.4 is 9.47 Å². The van der Waals surface area contributed by atoms with Crippen LogP contribution in [0.1, 0.15) is 37.7 Å². The maximum atomic E-state index is 13.1. The third kappa shape index (κ3) is 5.69. The third-order valence-corrected chi connectivity index (χ3v) is 7.65. The van der Waals surface area contributed by atoms with Crippen LogP contribution in [0, 0.1) is 25.2 Å². The lowest BCUT2D eigenvalue weighted by molar-refractivity contribution is 0.0471. The van der Waals surface area contributed by atoms with E-state index in [2.05, 4.69) is 6.07 Å². The molecule has 1 aromatic heterocycles. The Kier molecular flexibility index (Phi) is 7.71. The normalized spacial score (nSPS) is 13.9. The van der Waals surface area contributed by atoms with Crippen molar-refractivity contribution in [3.8, 4) is 17.6 Å². The summed E-state index contributed by atoms with van der Waals surface area (Å²) < 4.78 is 19.4. The standard InChI is InChI=1S/C31H26N2O5S/c1-20-15-25(21(2)33(20)17-23-18-36-27-11-5-6-12-28(27)38-23)26(34)19-37-31(35)24-10-4-8-14-30(24)39-29-13-7-3-9-22(29)16-32/h3-15,23H,17-19H2,1-2H3/t23-/m0/s1. The average molecular weight is 539 g/mol. The highest BCUT2D eigenvalue weighted by atomic mass is 32.2. The van der Waals surface area contributed by atoms with E-state index in [4.69, 9.17) is 14.2 Å². The number of fused-ring (bicyclic) bond motifs is 1. The molecule has 2 heterocycles. The lowest BCUT2D eigenvalue weighted by Gasteiger charge is -2.27. The largest absolute Gasteiger partial charge is 0.486 e. The van der Waals surface area contributed by atoms with Gasteiger partial charge in [0.2, 0.25) is 5.78 Å². The molecule has 1 atom stereocenters. The number of Topliss-reactive ketones (excluding diaryl/α,β-unsaturated/α-hetero) is 1. The Bertz CT molecular complexity index is 1590. The van der Waals surface area contributed by atoms with Crippen LogP contribution in [0.15, 0.2) is 88.7 Å². The third-order valence-electron chi connectivity index (χ3n) is 6.50. The van der Waals surface area contributed by atoms with Crippen molar-refractivity contribution in [2.45, 2.75) is 36.3 Å². The van der Waals surface area contributed by atoms with E-state index in [1.165, 1.54) is 11.8 Å². The number of para-hydroxylation sites is 2. The molecule has 0 fully saturated rings. The van der Waals surface area contributed by atoms with Gasteiger partial charge in [-0.15, -0.1) is 0 Å². The van der Waals surface area contributed by atoms with Crippen molar-refractivity contribution >= 4 is 23.5 Å². The molecule has 1 aliphatic rings. The molecule has 0 N–H and O–H groups in total. The SMILES string of the molecule is Cc1cc(C(=O)COC(=O)c2ccccc2Sc2ccccc2C#N)c(C)n1C[C@H]1COc2ccccc2O1. The lowest BCUT2D eigenvalue weighted by atomic mass is 10.1. The van der Waals surface area contributed by atoms with Crippen molar-refractivity contribution in [1.29, 1.82) is 5.26 Å². The van der Waals surface area contributed by atoms with Crippen LogP contribution in [0.4, 0.5) is 0 Å². The van der Waals surface area contributed by atoms with Crippen molar-refractivity contribution in [3.05, 3.63) is 107 Å². The summed E-state index contributed by atoms with van der Waals surface area (Å²) in [5, 5.41) is 9.40. The molecule has 0 unspecified atom stereocenters. The van der Waals surface area contributed by atoms with Gasteiger partial charge in [0, 0.05) is 26.7 Å². The van der Waals surface area contributed by atoms with Gasteiger partial charge >= 0.3 is 5.97 Å². The number of hydrogen-bond donors (Lipinski definition) is 0. The van der Waals surface area contributed by atoms with Crippen LogP contribution in [0.3, 0.4) is 0 Å². The molecule has 0 amide bonds. The van der Waals surface area contributed by atoms with Gasteiger partial charge in [-0.25, -0.2) is 4.79 Å². The number of carbonyl (C=O) groups is 2. The second kappa shape index (κ2) is 11.5. The van der Waals surface area contributed by atoms with Gasteiger partial charge in [-0.1, -0.05) is 48.2 Å². The number of ether oxygens (including phenoxy) is 3. The number of hydrogen-bond acceptors (Lipinski definition) is 7. The molecule has 7 nitrogen and oxygen atoms in total. The van der Waals surface area contributed by atoms with E-state index in [9.17, 15) is 14.9 Å². The highest BCUT2D eigenvalue weighted by Gasteiger charge is 2.24. The molecular formula is C31H26N2O5S. The fourth-order valence-corrected chi connectivity index (χ4v) is 5.51. The predicted molar refractivity (Wildman–Crippen MR) is 147 cm³/mol. The molecule has 196 valence electrons. The van der Waals surface area contributed by atoms with E-state index in [1.54, 1.807) is 30.3 Å². The first-order valence-electron chi connectivity index (χ1n) is 12.5. The fraction of sp³-hybridized carbons (Fsp3) is 0.194. The summed E-state index contributed by atoms with van der Waals surface area (Å²) >= 11 is 1.31. The minimum Gasteiger partial charge on any atom is -0.486 e. The van der Waals surface area contributed by atoms with Crippen LogP contribution in [-0.2, 0) is 11.3 Å². The topological polar surface area (TPSA) is 90.6 Å². The van der Waals surface area contributed by atoms with Gasteiger partial charge in [-0.2, -0.15) is 5.26 Å². The van der Waals surface area contributed by atoms with Gasteiger partial charge in [-0.05, 0) is 56.3 Å². The molecule has 4 aromatic rings. The van der Waals surface area contributed by atoms with E-state index in [0.717, 1.165) is 22.0 Å². The number of ketones is 1. The first-order chi connectivity index (χ1) is 18.9. The highest BCUT2D eigenvalue weighted by molar-refractivity contribution is 7.99. The Morgan fingerprint density at radius 1 is 0.974 bits per heavy atom. The Balaban J connectivity index is 1.25. The molecule has 39 heavy (non-hydrogen) atoms. The zero-order valence-corrected chi connectivity index (χ0v) is 22.4. The maximum absolute atomic E-state index is 13.1. The van der Waals surface area contributed by atoms with Crippen molar-refractivity contribution in [2.24, 2.45) is 0 Å². The number of benzene rings is 3. The van der Waals surface area contributed by atoms with Crippen molar-refractivity contribution in [3.63, 3.8) is 0 Å². The lowest BCUT2D eigenvalue weighted by Crippen LogP contribution is -2.33. The number of carbonyl (C=O) groups excluding carboxylic acids is 2. The quantitative estimate of drug-likeness (QED) is 0.201. The molecule has 0 saturated heterocycles. The molecule has 0 aliphatic carbocycles. The van der Waals surface area contributed by atoms with Crippen molar-refractivity contribution in [2.75, 3.05) is 13.2 Å². The number of aromatic nitrogens is 1. The summed E-state index contributed by atoms with van der Waals surface area (Å²) in [4.78, 5) is 27.5. The zero-order valence-electron chi connectivity index (χ0n) is 21.5. The van der Waals surface area contributed by atoms with Gasteiger partial charge in [0.05, 0.1) is 17.7 Å². The van der Waals surface area contributed by atoms with Gasteiger partial charge in [0.15, 0.2) is 24.2 Å². The van der Waals surface area contributed by atoms with Gasteiger partial charge in [0.25, 0.3) is 0 Å². The van der Waals surface area contributed by atoms with Crippen LogP contribution in [0.25, 0.3) is 0 Å². The fourth-order valence-electron chi connectivity index (χ4n) is 4.50. The van der Waals surface area contributed by atoms with Crippen LogP contribution in [-0.4, -0.2) is 35.6 Å². The smallest absolute Gasteiger partial charge is 0.339 e. The van der Waals surface area contributed by atoms with Crippen LogP contribution >= 0.6 is 11.8 Å². The monoisotopic (exact) mass is 538 g/mol. The summed E-state index contributed by atoms with van der Waals surface area (Å²) in [7, 11) is 0. The van der Waals surface area contributed by atoms with E-state index in [1.807, 2.05) is 66.9 Å². The van der Waals surface area contributed by atoms with Gasteiger partial charge < -0.3 is 18.8 Å². The van der Waals surface area contributed by atoms with Gasteiger partial charge in [-0.3, -0.25) is 4.79 Å². The van der Waals surface area contributed by atoms with E-state index < -0.39 is 5.97 Å². The van der Waals surface area contributed by atoms with Crippen LogP contribution in [0.2, 0.25) is 0 Å². The molecule has 0 bridgehead atoms. The molecule has 0 radical (unpaired) electrons. The molecule has 0 spiro atoms. The summed E-state index contributed by atoms with van der Waals surface area (Å²) in [5.74, 6) is 0.547. The number of nitrogens with zero attached hydrogens (tertiary/aromatic N) is 2. The van der Waals surface area contributed by atoms with Crippen molar-refractivity contribution < 1.29 is 23.8 Å². The van der Waals surface area contributed by atoms with Crippen LogP contribution in [0.5, 0.6) is 11.5 Å². The second-order valence-corrected chi connectivity index (χ2v) is 10.2. The Morgan fingerprint density at radius 2 is 1.67 bits per heavy atom. The highest BCUT2D eigenvalue weighted by Crippen LogP contribution is 2.33. The van der Waals surface area contributed by atoms with E-state index >= 15 is 0 Å². The predicted octanol–water partition coefficient (Wildman–Crippen LogP) is 6.01. The molecule has 8 heteroatoms. The Morgan fingerprint density at radius 3 is 2.46 bits per heavy atom. The summed E-state index contributed by atoms with van der Waals surface area (Å²) in [6, 6.07) is 25.7. The molecule has 3 aromatic carbocycles. The van der Waals surface area contributed by atoms with E-state index in [0.29, 0.717) is 40.5 Å².